The molecule has 10 heteroatoms. The minimum Gasteiger partial charge on any atom is -0.295 e. The minimum atomic E-state index is -3.72. The van der Waals surface area contributed by atoms with Crippen LogP contribution in [0.25, 0.3) is 5.69 Å². The van der Waals surface area contributed by atoms with E-state index in [-0.39, 0.29) is 10.5 Å². The highest BCUT2D eigenvalue weighted by molar-refractivity contribution is 7.93. The van der Waals surface area contributed by atoms with E-state index in [1.807, 2.05) is 31.2 Å². The van der Waals surface area contributed by atoms with Crippen LogP contribution in [0, 0.1) is 13.8 Å². The molecule has 4 aromatic rings. The maximum absolute atomic E-state index is 12.8. The van der Waals surface area contributed by atoms with Gasteiger partial charge in [0, 0.05) is 23.5 Å². The van der Waals surface area contributed by atoms with Gasteiger partial charge in [0.05, 0.1) is 21.8 Å². The van der Waals surface area contributed by atoms with E-state index in [4.69, 9.17) is 0 Å². The molecule has 0 atom stereocenters. The van der Waals surface area contributed by atoms with Crippen molar-refractivity contribution in [2.75, 3.05) is 4.72 Å². The first-order valence-corrected chi connectivity index (χ1v) is 11.7. The molecule has 2 aromatic carbocycles. The summed E-state index contributed by atoms with van der Waals surface area (Å²) < 4.78 is 28.7. The highest BCUT2D eigenvalue weighted by Gasteiger charge is 2.15. The van der Waals surface area contributed by atoms with Crippen LogP contribution >= 0.6 is 11.3 Å². The molecule has 0 amide bonds. The molecule has 4 rings (SSSR count). The van der Waals surface area contributed by atoms with E-state index >= 15 is 0 Å². The summed E-state index contributed by atoms with van der Waals surface area (Å²) >= 11 is 1.20. The van der Waals surface area contributed by atoms with Gasteiger partial charge >= 0.3 is 0 Å². The van der Waals surface area contributed by atoms with Crippen molar-refractivity contribution in [3.63, 3.8) is 0 Å². The lowest BCUT2D eigenvalue weighted by atomic mass is 10.2. The van der Waals surface area contributed by atoms with Crippen LogP contribution in [0.5, 0.6) is 0 Å². The molecule has 0 saturated carbocycles. The van der Waals surface area contributed by atoms with Gasteiger partial charge in [0.1, 0.15) is 0 Å². The number of nitrogens with one attached hydrogen (secondary N) is 2. The molecule has 8 nitrogen and oxygen atoms in total. The number of H-pyrrole nitrogens is 1. The van der Waals surface area contributed by atoms with Gasteiger partial charge < -0.3 is 0 Å². The fraction of sp³-hybridized carbons (Fsp3) is 0.0952. The van der Waals surface area contributed by atoms with E-state index in [9.17, 15) is 13.2 Å². The molecule has 0 aliphatic carbocycles. The van der Waals surface area contributed by atoms with E-state index in [1.54, 1.807) is 24.4 Å². The SMILES string of the molecule is Cc1ccccc1-n1[nH]c(C)c(C=Nc2ccc(S(=O)(=O)Nc3nccs3)cc2)c1=O. The van der Waals surface area contributed by atoms with Crippen LogP contribution in [0.4, 0.5) is 10.8 Å². The quantitative estimate of drug-likeness (QED) is 0.433. The lowest BCUT2D eigenvalue weighted by molar-refractivity contribution is 0.601. The summed E-state index contributed by atoms with van der Waals surface area (Å²) in [5, 5.41) is 5.06. The lowest BCUT2D eigenvalue weighted by Crippen LogP contribution is -2.18. The Labute approximate surface area is 183 Å². The van der Waals surface area contributed by atoms with Crippen molar-refractivity contribution >= 4 is 38.4 Å². The topological polar surface area (TPSA) is 109 Å². The molecule has 0 bridgehead atoms. The van der Waals surface area contributed by atoms with Crippen LogP contribution in [0.1, 0.15) is 16.8 Å². The van der Waals surface area contributed by atoms with E-state index in [1.165, 1.54) is 40.6 Å². The Kier molecular flexibility index (Phi) is 5.57. The number of nitrogens with zero attached hydrogens (tertiary/aromatic N) is 3. The van der Waals surface area contributed by atoms with Crippen LogP contribution in [0.3, 0.4) is 0 Å². The van der Waals surface area contributed by atoms with Gasteiger partial charge in [-0.15, -0.1) is 11.3 Å². The minimum absolute atomic E-state index is 0.0985. The zero-order valence-corrected chi connectivity index (χ0v) is 18.4. The summed E-state index contributed by atoms with van der Waals surface area (Å²) in [5.41, 5.74) is 3.18. The number of anilines is 1. The zero-order valence-electron chi connectivity index (χ0n) is 16.7. The molecule has 2 aromatic heterocycles. The van der Waals surface area contributed by atoms with Crippen molar-refractivity contribution in [3.05, 3.63) is 87.3 Å². The zero-order chi connectivity index (χ0) is 22.0. The summed E-state index contributed by atoms with van der Waals surface area (Å²) in [6.07, 6.45) is 3.01. The third kappa shape index (κ3) is 4.35. The van der Waals surface area contributed by atoms with E-state index in [0.29, 0.717) is 22.1 Å². The standard InChI is InChI=1S/C21H19N5O3S2/c1-14-5-3-4-6-19(14)26-20(27)18(15(2)24-26)13-23-16-7-9-17(10-8-16)31(28,29)25-21-22-11-12-30-21/h3-13,24H,1-2H3,(H,22,25). The Hall–Kier alpha value is -3.50. The van der Waals surface area contributed by atoms with Gasteiger partial charge in [-0.05, 0) is 49.7 Å². The fourth-order valence-corrected chi connectivity index (χ4v) is 4.78. The molecule has 0 aliphatic heterocycles. The Morgan fingerprint density at radius 3 is 2.55 bits per heavy atom. The predicted molar refractivity (Wildman–Crippen MR) is 122 cm³/mol. The number of rotatable bonds is 6. The maximum Gasteiger partial charge on any atom is 0.280 e. The van der Waals surface area contributed by atoms with Crippen LogP contribution in [-0.2, 0) is 10.0 Å². The number of benzene rings is 2. The number of hydrogen-bond donors (Lipinski definition) is 2. The summed E-state index contributed by atoms with van der Waals surface area (Å²) in [6, 6.07) is 13.7. The lowest BCUT2D eigenvalue weighted by Gasteiger charge is -2.05. The van der Waals surface area contributed by atoms with Gasteiger partial charge in [0.2, 0.25) is 0 Å². The molecule has 0 radical (unpaired) electrons. The van der Waals surface area contributed by atoms with Crippen LogP contribution in [-0.4, -0.2) is 29.4 Å². The van der Waals surface area contributed by atoms with Crippen molar-refractivity contribution < 1.29 is 8.42 Å². The molecule has 2 N–H and O–H groups in total. The number of sulfonamides is 1. The van der Waals surface area contributed by atoms with Gasteiger partial charge in [-0.25, -0.2) is 18.1 Å². The molecule has 0 spiro atoms. The number of hydrogen-bond acceptors (Lipinski definition) is 6. The summed E-state index contributed by atoms with van der Waals surface area (Å²) in [4.78, 5) is 21.2. The molecular weight excluding hydrogens is 434 g/mol. The predicted octanol–water partition coefficient (Wildman–Crippen LogP) is 3.79. The van der Waals surface area contributed by atoms with Crippen LogP contribution in [0.2, 0.25) is 0 Å². The summed E-state index contributed by atoms with van der Waals surface area (Å²) in [5.74, 6) is 0. The van der Waals surface area contributed by atoms with Gasteiger partial charge in [-0.1, -0.05) is 18.2 Å². The maximum atomic E-state index is 12.8. The second-order valence-corrected chi connectivity index (χ2v) is 9.35. The number of aromatic amines is 1. The summed E-state index contributed by atoms with van der Waals surface area (Å²) in [6.45, 7) is 3.74. The van der Waals surface area contributed by atoms with Gasteiger partial charge in [0.25, 0.3) is 15.6 Å². The smallest absolute Gasteiger partial charge is 0.280 e. The highest BCUT2D eigenvalue weighted by atomic mass is 32.2. The Bertz CT molecular complexity index is 1400. The first kappa shape index (κ1) is 20.8. The number of para-hydroxylation sites is 1. The van der Waals surface area contributed by atoms with Crippen molar-refractivity contribution in [1.29, 1.82) is 0 Å². The molecular formula is C21H19N5O3S2. The molecule has 0 fully saturated rings. The molecule has 158 valence electrons. The molecule has 2 heterocycles. The van der Waals surface area contributed by atoms with Gasteiger partial charge in [0.15, 0.2) is 5.13 Å². The van der Waals surface area contributed by atoms with Crippen molar-refractivity contribution in [1.82, 2.24) is 14.8 Å². The van der Waals surface area contributed by atoms with Gasteiger partial charge in [-0.2, -0.15) is 0 Å². The Morgan fingerprint density at radius 1 is 1.13 bits per heavy atom. The average Bonchev–Trinajstić information content (AvgIpc) is 3.34. The largest absolute Gasteiger partial charge is 0.295 e. The fourth-order valence-electron chi connectivity index (χ4n) is 2.99. The van der Waals surface area contributed by atoms with Crippen LogP contribution in [0.15, 0.2) is 74.8 Å². The third-order valence-electron chi connectivity index (χ3n) is 4.62. The van der Waals surface area contributed by atoms with E-state index < -0.39 is 10.0 Å². The number of aliphatic imine (C=N–C) groups is 1. The number of aromatic nitrogens is 3. The first-order chi connectivity index (χ1) is 14.8. The number of thiazole rings is 1. The van der Waals surface area contributed by atoms with Crippen molar-refractivity contribution in [2.24, 2.45) is 4.99 Å². The number of aryl methyl sites for hydroxylation is 2. The second kappa shape index (κ2) is 8.32. The molecule has 0 saturated heterocycles. The Balaban J connectivity index is 1.57. The normalized spacial score (nSPS) is 11.8. The van der Waals surface area contributed by atoms with Crippen LogP contribution < -0.4 is 10.3 Å². The Morgan fingerprint density at radius 2 is 1.87 bits per heavy atom. The molecule has 31 heavy (non-hydrogen) atoms. The summed E-state index contributed by atoms with van der Waals surface area (Å²) in [7, 11) is -3.72. The van der Waals surface area contributed by atoms with Crippen molar-refractivity contribution in [2.45, 2.75) is 18.7 Å². The first-order valence-electron chi connectivity index (χ1n) is 9.29. The average molecular weight is 454 g/mol. The monoisotopic (exact) mass is 453 g/mol. The third-order valence-corrected chi connectivity index (χ3v) is 6.79. The molecule has 0 unspecified atom stereocenters. The van der Waals surface area contributed by atoms with E-state index in [0.717, 1.165) is 11.3 Å². The highest BCUT2D eigenvalue weighted by Crippen LogP contribution is 2.21. The van der Waals surface area contributed by atoms with Gasteiger partial charge in [-0.3, -0.25) is 19.6 Å². The molecule has 0 aliphatic rings. The van der Waals surface area contributed by atoms with Crippen molar-refractivity contribution in [3.8, 4) is 5.69 Å². The second-order valence-electron chi connectivity index (χ2n) is 6.77. The van der Waals surface area contributed by atoms with E-state index in [2.05, 4.69) is 19.8 Å².